The quantitative estimate of drug-likeness (QED) is 0.813. The number of ketones is 1. The second kappa shape index (κ2) is 5.91. The van der Waals surface area contributed by atoms with E-state index in [0.29, 0.717) is 23.5 Å². The first kappa shape index (κ1) is 15.3. The van der Waals surface area contributed by atoms with Crippen molar-refractivity contribution in [3.63, 3.8) is 0 Å². The van der Waals surface area contributed by atoms with Crippen molar-refractivity contribution in [2.75, 3.05) is 14.2 Å². The topological polar surface area (TPSA) is 53.4 Å². The predicted molar refractivity (Wildman–Crippen MR) is 88.2 cm³/mol. The van der Waals surface area contributed by atoms with E-state index in [4.69, 9.17) is 9.47 Å². The van der Waals surface area contributed by atoms with E-state index in [1.807, 2.05) is 22.9 Å². The van der Waals surface area contributed by atoms with E-state index in [1.165, 1.54) is 0 Å². The first-order valence-electron chi connectivity index (χ1n) is 7.58. The third-order valence-corrected chi connectivity index (χ3v) is 4.04. The minimum Gasteiger partial charge on any atom is -0.493 e. The van der Waals surface area contributed by atoms with Gasteiger partial charge < -0.3 is 9.47 Å². The van der Waals surface area contributed by atoms with Gasteiger partial charge in [-0.25, -0.2) is 0 Å². The van der Waals surface area contributed by atoms with Crippen molar-refractivity contribution in [2.45, 2.75) is 26.3 Å². The molecule has 3 rings (SSSR count). The van der Waals surface area contributed by atoms with Crippen LogP contribution in [0.5, 0.6) is 11.5 Å². The van der Waals surface area contributed by atoms with Crippen LogP contribution in [0, 0.1) is 0 Å². The summed E-state index contributed by atoms with van der Waals surface area (Å²) in [7, 11) is 3.17. The number of fused-ring (bicyclic) bond motifs is 1. The molecule has 23 heavy (non-hydrogen) atoms. The first-order chi connectivity index (χ1) is 11.0. The average Bonchev–Trinajstić information content (AvgIpc) is 3.12. The van der Waals surface area contributed by atoms with Gasteiger partial charge in [0.15, 0.2) is 17.3 Å². The van der Waals surface area contributed by atoms with E-state index in [-0.39, 0.29) is 11.8 Å². The summed E-state index contributed by atoms with van der Waals surface area (Å²) in [5.41, 5.74) is 3.35. The lowest BCUT2D eigenvalue weighted by Crippen LogP contribution is -2.05. The minimum absolute atomic E-state index is 0.0393. The number of nitrogens with zero attached hydrogens (tertiary/aromatic N) is 2. The van der Waals surface area contributed by atoms with Crippen LogP contribution in [0.2, 0.25) is 0 Å². The maximum atomic E-state index is 12.7. The number of ether oxygens (including phenoxy) is 2. The van der Waals surface area contributed by atoms with Gasteiger partial charge in [-0.2, -0.15) is 5.10 Å². The maximum absolute atomic E-state index is 12.7. The van der Waals surface area contributed by atoms with Gasteiger partial charge in [-0.15, -0.1) is 0 Å². The molecule has 0 bridgehead atoms. The monoisotopic (exact) mass is 312 g/mol. The highest BCUT2D eigenvalue weighted by atomic mass is 16.5. The van der Waals surface area contributed by atoms with Crippen LogP contribution in [0.15, 0.2) is 30.0 Å². The van der Waals surface area contributed by atoms with E-state index < -0.39 is 0 Å². The maximum Gasteiger partial charge on any atom is 0.189 e. The summed E-state index contributed by atoms with van der Waals surface area (Å²) < 4.78 is 12.5. The number of carbonyl (C=O) groups is 1. The molecule has 0 fully saturated rings. The molecule has 1 aromatic carbocycles. The zero-order valence-corrected chi connectivity index (χ0v) is 13.8. The molecule has 5 heteroatoms. The molecule has 0 spiro atoms. The number of rotatable bonds is 4. The van der Waals surface area contributed by atoms with Crippen molar-refractivity contribution in [1.82, 2.24) is 9.78 Å². The fourth-order valence-electron chi connectivity index (χ4n) is 2.90. The molecule has 0 saturated carbocycles. The van der Waals surface area contributed by atoms with Crippen molar-refractivity contribution in [3.8, 4) is 11.5 Å². The molecule has 0 amide bonds. The van der Waals surface area contributed by atoms with Crippen molar-refractivity contribution >= 4 is 11.9 Å². The lowest BCUT2D eigenvalue weighted by molar-refractivity contribution is 0.104. The molecule has 1 aliphatic rings. The zero-order chi connectivity index (χ0) is 16.6. The van der Waals surface area contributed by atoms with Gasteiger partial charge in [-0.3, -0.25) is 9.48 Å². The van der Waals surface area contributed by atoms with Gasteiger partial charge in [0.2, 0.25) is 0 Å². The molecule has 2 aromatic rings. The van der Waals surface area contributed by atoms with Crippen LogP contribution < -0.4 is 9.47 Å². The second-order valence-corrected chi connectivity index (χ2v) is 5.83. The van der Waals surface area contributed by atoms with Gasteiger partial charge in [0.25, 0.3) is 0 Å². The Bertz CT molecular complexity index is 788. The van der Waals surface area contributed by atoms with Crippen molar-refractivity contribution < 1.29 is 14.3 Å². The largest absolute Gasteiger partial charge is 0.493 e. The van der Waals surface area contributed by atoms with Crippen molar-refractivity contribution in [3.05, 3.63) is 46.8 Å². The summed E-state index contributed by atoms with van der Waals surface area (Å²) in [6, 6.07) is 5.81. The summed E-state index contributed by atoms with van der Waals surface area (Å²) in [4.78, 5) is 12.7. The lowest BCUT2D eigenvalue weighted by atomic mass is 10.1. The van der Waals surface area contributed by atoms with E-state index in [2.05, 4.69) is 18.9 Å². The molecular weight excluding hydrogens is 292 g/mol. The number of hydrogen-bond acceptors (Lipinski definition) is 4. The molecular formula is C18H20N2O3. The Morgan fingerprint density at radius 3 is 2.57 bits per heavy atom. The van der Waals surface area contributed by atoms with Crippen LogP contribution in [0.25, 0.3) is 6.08 Å². The Morgan fingerprint density at radius 2 is 1.91 bits per heavy atom. The lowest BCUT2D eigenvalue weighted by Gasteiger charge is -2.08. The molecule has 5 nitrogen and oxygen atoms in total. The molecule has 1 aromatic heterocycles. The minimum atomic E-state index is 0.0393. The van der Waals surface area contributed by atoms with Gasteiger partial charge in [0.1, 0.15) is 0 Å². The van der Waals surface area contributed by atoms with E-state index >= 15 is 0 Å². The van der Waals surface area contributed by atoms with E-state index in [0.717, 1.165) is 16.8 Å². The Labute approximate surface area is 135 Å². The highest BCUT2D eigenvalue weighted by Gasteiger charge is 2.27. The Hall–Kier alpha value is -2.56. The molecule has 0 unspecified atom stereocenters. The molecule has 120 valence electrons. The summed E-state index contributed by atoms with van der Waals surface area (Å²) in [5.74, 6) is 1.26. The van der Waals surface area contributed by atoms with E-state index in [1.54, 1.807) is 26.5 Å². The summed E-state index contributed by atoms with van der Waals surface area (Å²) >= 11 is 0. The Morgan fingerprint density at radius 1 is 1.22 bits per heavy atom. The number of Topliss-reactive ketones (excluding diaryl/α,β-unsaturated/α-hetero) is 1. The SMILES string of the molecule is COc1cc2c(cc1OC)C(=O)C(=Cc1ccnn1C(C)C)C2. The van der Waals surface area contributed by atoms with Gasteiger partial charge in [-0.1, -0.05) is 0 Å². The highest BCUT2D eigenvalue weighted by Crippen LogP contribution is 2.37. The van der Waals surface area contributed by atoms with Crippen LogP contribution in [-0.2, 0) is 6.42 Å². The number of benzene rings is 1. The number of allylic oxidation sites excluding steroid dienone is 1. The van der Waals surface area contributed by atoms with Gasteiger partial charge >= 0.3 is 0 Å². The number of carbonyl (C=O) groups excluding carboxylic acids is 1. The molecule has 0 N–H and O–H groups in total. The number of aromatic nitrogens is 2. The molecule has 1 aliphatic carbocycles. The molecule has 0 atom stereocenters. The number of hydrogen-bond donors (Lipinski definition) is 0. The smallest absolute Gasteiger partial charge is 0.189 e. The zero-order valence-electron chi connectivity index (χ0n) is 13.8. The van der Waals surface area contributed by atoms with Crippen LogP contribution >= 0.6 is 0 Å². The van der Waals surface area contributed by atoms with Crippen LogP contribution in [-0.4, -0.2) is 29.8 Å². The second-order valence-electron chi connectivity index (χ2n) is 5.83. The normalized spacial score (nSPS) is 15.3. The van der Waals surface area contributed by atoms with E-state index in [9.17, 15) is 4.79 Å². The Kier molecular flexibility index (Phi) is 3.94. The third kappa shape index (κ3) is 2.63. The van der Waals surface area contributed by atoms with Crippen molar-refractivity contribution in [2.24, 2.45) is 0 Å². The van der Waals surface area contributed by atoms with Crippen LogP contribution in [0.4, 0.5) is 0 Å². The molecule has 1 heterocycles. The highest BCUT2D eigenvalue weighted by molar-refractivity contribution is 6.15. The summed E-state index contributed by atoms with van der Waals surface area (Å²) in [5, 5.41) is 4.31. The van der Waals surface area contributed by atoms with Gasteiger partial charge in [0.05, 0.1) is 19.9 Å². The average molecular weight is 312 g/mol. The molecule has 0 radical (unpaired) electrons. The molecule has 0 aliphatic heterocycles. The number of methoxy groups -OCH3 is 2. The fourth-order valence-corrected chi connectivity index (χ4v) is 2.90. The summed E-state index contributed by atoms with van der Waals surface area (Å²) in [6.45, 7) is 4.13. The molecule has 0 saturated heterocycles. The van der Waals surface area contributed by atoms with Gasteiger partial charge in [0, 0.05) is 29.8 Å². The summed E-state index contributed by atoms with van der Waals surface area (Å²) in [6.07, 6.45) is 4.27. The Balaban J connectivity index is 2.00. The van der Waals surface area contributed by atoms with Crippen LogP contribution in [0.3, 0.4) is 0 Å². The third-order valence-electron chi connectivity index (χ3n) is 4.04. The fraction of sp³-hybridized carbons (Fsp3) is 0.333. The van der Waals surface area contributed by atoms with Gasteiger partial charge in [-0.05, 0) is 43.7 Å². The first-order valence-corrected chi connectivity index (χ1v) is 7.58. The van der Waals surface area contributed by atoms with Crippen molar-refractivity contribution in [1.29, 1.82) is 0 Å². The predicted octanol–water partition coefficient (Wildman–Crippen LogP) is 3.30. The standard InChI is InChI=1S/C18H20N2O3/c1-11(2)20-14(5-6-19-20)8-13-7-12-9-16(22-3)17(23-4)10-15(12)18(13)21/h5-6,8-11H,7H2,1-4H3. The van der Waals surface area contributed by atoms with Crippen LogP contribution in [0.1, 0.15) is 41.5 Å².